The number of methoxy groups -OCH3 is 1. The molecule has 1 aromatic heterocycles. The second-order valence-corrected chi connectivity index (χ2v) is 6.81. The van der Waals surface area contributed by atoms with Crippen molar-refractivity contribution in [3.8, 4) is 11.5 Å². The molecule has 1 heterocycles. The predicted octanol–water partition coefficient (Wildman–Crippen LogP) is 3.82. The van der Waals surface area contributed by atoms with Crippen LogP contribution in [0.4, 0.5) is 0 Å². The van der Waals surface area contributed by atoms with Crippen LogP contribution >= 0.6 is 0 Å². The Hall–Kier alpha value is -3.09. The number of benzene rings is 1. The molecule has 0 radical (unpaired) electrons. The summed E-state index contributed by atoms with van der Waals surface area (Å²) in [6.07, 6.45) is -0.350. The van der Waals surface area contributed by atoms with Crippen LogP contribution in [0.2, 0.25) is 0 Å². The lowest BCUT2D eigenvalue weighted by Gasteiger charge is -2.12. The molecule has 0 bridgehead atoms. The van der Waals surface area contributed by atoms with Gasteiger partial charge in [0, 0.05) is 17.7 Å². The van der Waals surface area contributed by atoms with E-state index in [1.54, 1.807) is 45.2 Å². The minimum absolute atomic E-state index is 0.114. The Morgan fingerprint density at radius 2 is 1.69 bits per heavy atom. The Morgan fingerprint density at radius 3 is 2.24 bits per heavy atom. The highest BCUT2D eigenvalue weighted by Gasteiger charge is 2.25. The van der Waals surface area contributed by atoms with Crippen LogP contribution in [-0.2, 0) is 9.53 Å². The molecule has 0 aliphatic rings. The van der Waals surface area contributed by atoms with Crippen molar-refractivity contribution in [3.63, 3.8) is 0 Å². The summed E-state index contributed by atoms with van der Waals surface area (Å²) in [6, 6.07) is 7.15. The molecular weight excluding hydrogens is 374 g/mol. The minimum atomic E-state index is -0.943. The summed E-state index contributed by atoms with van der Waals surface area (Å²) in [5.74, 6) is 0.471. The lowest BCUT2D eigenvalue weighted by Crippen LogP contribution is -2.25. The molecule has 1 atom stereocenters. The Labute approximate surface area is 170 Å². The van der Waals surface area contributed by atoms with Gasteiger partial charge in [-0.3, -0.25) is 14.4 Å². The van der Waals surface area contributed by atoms with Gasteiger partial charge in [0.25, 0.3) is 0 Å². The Bertz CT molecular complexity index is 881. The molecule has 156 valence electrons. The second-order valence-electron chi connectivity index (χ2n) is 6.81. The number of aromatic nitrogens is 1. The van der Waals surface area contributed by atoms with Crippen molar-refractivity contribution in [2.45, 2.75) is 46.6 Å². The van der Waals surface area contributed by atoms with Crippen molar-refractivity contribution in [1.82, 2.24) is 4.98 Å². The monoisotopic (exact) mass is 401 g/mol. The summed E-state index contributed by atoms with van der Waals surface area (Å²) in [5, 5.41) is 0. The smallest absolute Gasteiger partial charge is 0.306 e. The van der Waals surface area contributed by atoms with Crippen molar-refractivity contribution >= 4 is 17.5 Å². The Morgan fingerprint density at radius 1 is 1.07 bits per heavy atom. The number of Topliss-reactive ketones (excluding diaryl/α,β-unsaturated/α-hetero) is 2. The number of nitrogens with one attached hydrogen (secondary N) is 1. The summed E-state index contributed by atoms with van der Waals surface area (Å²) in [7, 11) is 1.59. The fourth-order valence-corrected chi connectivity index (χ4v) is 3.12. The van der Waals surface area contributed by atoms with E-state index in [4.69, 9.17) is 14.2 Å². The fraction of sp³-hybridized carbons (Fsp3) is 0.409. The standard InChI is InChI=1S/C22H27NO6/c1-13-20(15(3)24)14(2)23-21(13)22(26)16(4)29-19(25)7-6-12-28-18-10-8-17(27-5)9-11-18/h8-11,16,23H,6-7,12H2,1-5H3/t16-/m0/s1. The summed E-state index contributed by atoms with van der Waals surface area (Å²) in [5.41, 5.74) is 2.02. The van der Waals surface area contributed by atoms with E-state index in [1.807, 2.05) is 0 Å². The van der Waals surface area contributed by atoms with E-state index in [9.17, 15) is 14.4 Å². The van der Waals surface area contributed by atoms with Crippen LogP contribution in [-0.4, -0.2) is 42.3 Å². The van der Waals surface area contributed by atoms with E-state index in [-0.39, 0.29) is 18.0 Å². The molecule has 29 heavy (non-hydrogen) atoms. The molecule has 7 heteroatoms. The highest BCUT2D eigenvalue weighted by Crippen LogP contribution is 2.21. The number of ether oxygens (including phenoxy) is 3. The molecular formula is C22H27NO6. The summed E-state index contributed by atoms with van der Waals surface area (Å²) in [4.78, 5) is 39.3. The normalized spacial score (nSPS) is 11.6. The third-order valence-electron chi connectivity index (χ3n) is 4.57. The molecule has 7 nitrogen and oxygen atoms in total. The largest absolute Gasteiger partial charge is 0.497 e. The number of hydrogen-bond acceptors (Lipinski definition) is 6. The molecule has 0 saturated heterocycles. The first-order chi connectivity index (χ1) is 13.7. The highest BCUT2D eigenvalue weighted by atomic mass is 16.5. The van der Waals surface area contributed by atoms with Crippen LogP contribution < -0.4 is 9.47 Å². The molecule has 0 saturated carbocycles. The number of aryl methyl sites for hydroxylation is 1. The first-order valence-corrected chi connectivity index (χ1v) is 9.45. The number of H-pyrrole nitrogens is 1. The van der Waals surface area contributed by atoms with Gasteiger partial charge in [-0.05, 0) is 63.9 Å². The lowest BCUT2D eigenvalue weighted by atomic mass is 10.0. The summed E-state index contributed by atoms with van der Waals surface area (Å²) < 4.78 is 15.9. The van der Waals surface area contributed by atoms with Gasteiger partial charge in [-0.1, -0.05) is 0 Å². The maximum Gasteiger partial charge on any atom is 0.306 e. The predicted molar refractivity (Wildman–Crippen MR) is 108 cm³/mol. The minimum Gasteiger partial charge on any atom is -0.497 e. The number of carbonyl (C=O) groups excluding carboxylic acids is 3. The molecule has 0 fully saturated rings. The van der Waals surface area contributed by atoms with Gasteiger partial charge in [-0.25, -0.2) is 0 Å². The third kappa shape index (κ3) is 5.70. The van der Waals surface area contributed by atoms with Gasteiger partial charge in [0.2, 0.25) is 5.78 Å². The van der Waals surface area contributed by atoms with Crippen LogP contribution in [0.5, 0.6) is 11.5 Å². The van der Waals surface area contributed by atoms with Crippen LogP contribution in [0.1, 0.15) is 58.8 Å². The summed E-state index contributed by atoms with van der Waals surface area (Å²) in [6.45, 7) is 6.77. The molecule has 1 N–H and O–H groups in total. The van der Waals surface area contributed by atoms with Crippen molar-refractivity contribution in [3.05, 3.63) is 46.8 Å². The average Bonchev–Trinajstić information content (AvgIpc) is 2.99. The van der Waals surface area contributed by atoms with Gasteiger partial charge >= 0.3 is 5.97 Å². The third-order valence-corrected chi connectivity index (χ3v) is 4.57. The topological polar surface area (TPSA) is 94.7 Å². The van der Waals surface area contributed by atoms with Crippen molar-refractivity contribution in [2.24, 2.45) is 0 Å². The lowest BCUT2D eigenvalue weighted by molar-refractivity contribution is -0.146. The molecule has 0 unspecified atom stereocenters. The van der Waals surface area contributed by atoms with Gasteiger partial charge in [-0.2, -0.15) is 0 Å². The van der Waals surface area contributed by atoms with Crippen LogP contribution in [0.25, 0.3) is 0 Å². The van der Waals surface area contributed by atoms with Gasteiger partial charge in [0.05, 0.1) is 19.4 Å². The van der Waals surface area contributed by atoms with Gasteiger partial charge in [0.15, 0.2) is 11.9 Å². The molecule has 0 spiro atoms. The van der Waals surface area contributed by atoms with Crippen molar-refractivity contribution < 1.29 is 28.6 Å². The van der Waals surface area contributed by atoms with E-state index in [0.717, 1.165) is 5.75 Å². The molecule has 2 rings (SSSR count). The van der Waals surface area contributed by atoms with E-state index >= 15 is 0 Å². The van der Waals surface area contributed by atoms with Gasteiger partial charge in [-0.15, -0.1) is 0 Å². The van der Waals surface area contributed by atoms with Crippen LogP contribution in [0.15, 0.2) is 24.3 Å². The maximum atomic E-state index is 12.6. The fourth-order valence-electron chi connectivity index (χ4n) is 3.12. The summed E-state index contributed by atoms with van der Waals surface area (Å²) >= 11 is 0. The van der Waals surface area contributed by atoms with Crippen LogP contribution in [0, 0.1) is 13.8 Å². The SMILES string of the molecule is COc1ccc(OCCCC(=O)O[C@@H](C)C(=O)c2[nH]c(C)c(C(C)=O)c2C)cc1. The highest BCUT2D eigenvalue weighted by molar-refractivity contribution is 6.05. The van der Waals surface area contributed by atoms with E-state index < -0.39 is 12.1 Å². The van der Waals surface area contributed by atoms with E-state index in [0.29, 0.717) is 41.3 Å². The zero-order valence-electron chi connectivity index (χ0n) is 17.5. The zero-order valence-corrected chi connectivity index (χ0v) is 17.5. The first kappa shape index (κ1) is 22.2. The Kier molecular flexibility index (Phi) is 7.59. The molecule has 1 aromatic carbocycles. The number of hydrogen-bond donors (Lipinski definition) is 1. The zero-order chi connectivity index (χ0) is 21.6. The van der Waals surface area contributed by atoms with Gasteiger partial charge in [0.1, 0.15) is 11.5 Å². The van der Waals surface area contributed by atoms with E-state index in [2.05, 4.69) is 4.98 Å². The maximum absolute atomic E-state index is 12.6. The van der Waals surface area contributed by atoms with E-state index in [1.165, 1.54) is 13.8 Å². The number of ketones is 2. The van der Waals surface area contributed by atoms with Gasteiger partial charge < -0.3 is 19.2 Å². The average molecular weight is 401 g/mol. The number of esters is 1. The first-order valence-electron chi connectivity index (χ1n) is 9.45. The molecule has 2 aromatic rings. The Balaban J connectivity index is 1.81. The van der Waals surface area contributed by atoms with Crippen LogP contribution in [0.3, 0.4) is 0 Å². The number of rotatable bonds is 10. The van der Waals surface area contributed by atoms with Crippen molar-refractivity contribution in [1.29, 1.82) is 0 Å². The molecule has 0 amide bonds. The number of aromatic amines is 1. The van der Waals surface area contributed by atoms with Crippen molar-refractivity contribution in [2.75, 3.05) is 13.7 Å². The molecule has 0 aliphatic heterocycles. The quantitative estimate of drug-likeness (QED) is 0.369. The molecule has 0 aliphatic carbocycles. The number of carbonyl (C=O) groups is 3. The second kappa shape index (κ2) is 9.91.